The number of allylic oxidation sites excluding steroid dienone is 9. The fraction of sp³-hybridized carbons (Fsp3) is 0.385. The Balaban J connectivity index is 1.79. The van der Waals surface area contributed by atoms with Crippen molar-refractivity contribution in [2.45, 2.75) is 85.0 Å². The number of benzene rings is 1. The minimum Gasteiger partial charge on any atom is -0.300 e. The molecule has 3 rings (SSSR count). The van der Waals surface area contributed by atoms with Gasteiger partial charge in [-0.1, -0.05) is 92.8 Å². The highest BCUT2D eigenvalue weighted by Gasteiger charge is 2.26. The number of carbonyl (C=O) groups is 2. The molecular formula is C39H47NO2. The SMILES string of the molecule is C=CC(=O)C/C=C/c1ccccc1/C=C(/C)C1=NC(C/C=C/C(CCC)CC/C=C/CC(C)=O)=C=CC=C1C1CCC1. The van der Waals surface area contributed by atoms with E-state index in [0.29, 0.717) is 24.7 Å². The zero-order valence-corrected chi connectivity index (χ0v) is 25.8. The van der Waals surface area contributed by atoms with Gasteiger partial charge in [0.2, 0.25) is 0 Å². The molecule has 1 saturated carbocycles. The van der Waals surface area contributed by atoms with E-state index >= 15 is 0 Å². The van der Waals surface area contributed by atoms with Crippen LogP contribution in [0.4, 0.5) is 0 Å². The Labute approximate surface area is 253 Å². The summed E-state index contributed by atoms with van der Waals surface area (Å²) in [7, 11) is 0. The fourth-order valence-electron chi connectivity index (χ4n) is 5.25. The number of nitrogens with zero attached hydrogens (tertiary/aromatic N) is 1. The minimum atomic E-state index is 0.0157. The first-order chi connectivity index (χ1) is 20.4. The van der Waals surface area contributed by atoms with Crippen molar-refractivity contribution >= 4 is 29.4 Å². The van der Waals surface area contributed by atoms with Gasteiger partial charge in [0.25, 0.3) is 0 Å². The molecule has 2 aliphatic rings. The molecule has 1 aromatic rings. The van der Waals surface area contributed by atoms with Gasteiger partial charge in [-0.15, -0.1) is 0 Å². The normalized spacial score (nSPS) is 16.7. The van der Waals surface area contributed by atoms with Crippen LogP contribution in [0.25, 0.3) is 12.2 Å². The van der Waals surface area contributed by atoms with Gasteiger partial charge < -0.3 is 0 Å². The number of ketones is 2. The van der Waals surface area contributed by atoms with E-state index in [1.165, 1.54) is 30.9 Å². The first-order valence-electron chi connectivity index (χ1n) is 15.6. The molecule has 1 atom stereocenters. The molecule has 1 aliphatic carbocycles. The smallest absolute Gasteiger partial charge is 0.158 e. The topological polar surface area (TPSA) is 46.5 Å². The summed E-state index contributed by atoms with van der Waals surface area (Å²) in [5.41, 5.74) is 10.1. The van der Waals surface area contributed by atoms with Crippen molar-refractivity contribution in [2.24, 2.45) is 16.8 Å². The third kappa shape index (κ3) is 10.9. The van der Waals surface area contributed by atoms with Crippen LogP contribution < -0.4 is 0 Å². The molecule has 0 saturated heterocycles. The molecule has 3 nitrogen and oxygen atoms in total. The maximum Gasteiger partial charge on any atom is 0.158 e. The van der Waals surface area contributed by atoms with Crippen molar-refractivity contribution in [1.29, 1.82) is 0 Å². The molecule has 1 aromatic carbocycles. The van der Waals surface area contributed by atoms with Crippen molar-refractivity contribution < 1.29 is 9.59 Å². The third-order valence-corrected chi connectivity index (χ3v) is 7.82. The lowest BCUT2D eigenvalue weighted by Gasteiger charge is -2.29. The maximum absolute atomic E-state index is 11.7. The molecule has 3 heteroatoms. The molecule has 1 aliphatic heterocycles. The summed E-state index contributed by atoms with van der Waals surface area (Å²) < 4.78 is 0. The molecule has 1 fully saturated rings. The third-order valence-electron chi connectivity index (χ3n) is 7.82. The van der Waals surface area contributed by atoms with Crippen LogP contribution in [0.5, 0.6) is 0 Å². The molecule has 1 unspecified atom stereocenters. The second kappa shape index (κ2) is 17.9. The molecule has 0 amide bonds. The lowest BCUT2D eigenvalue weighted by Crippen LogP contribution is -2.20. The second-order valence-electron chi connectivity index (χ2n) is 11.3. The number of Topliss-reactive ketones (excluding diaryl/α,β-unsaturated/α-hetero) is 1. The Kier molecular flexibility index (Phi) is 13.9. The Morgan fingerprint density at radius 1 is 1.05 bits per heavy atom. The van der Waals surface area contributed by atoms with Gasteiger partial charge in [-0.2, -0.15) is 0 Å². The largest absolute Gasteiger partial charge is 0.300 e. The van der Waals surface area contributed by atoms with Gasteiger partial charge in [-0.25, -0.2) is 4.99 Å². The van der Waals surface area contributed by atoms with Gasteiger partial charge >= 0.3 is 0 Å². The molecule has 0 bridgehead atoms. The van der Waals surface area contributed by atoms with E-state index in [9.17, 15) is 9.59 Å². The van der Waals surface area contributed by atoms with E-state index < -0.39 is 0 Å². The Morgan fingerprint density at radius 3 is 2.52 bits per heavy atom. The standard InChI is InChI=1S/C39H47NO2/c1-5-16-32(18-9-7-8-17-31(4)41)19-12-25-36-26-15-28-38(34-23-13-24-34)39(40-36)30(3)29-35-21-11-10-20-33(35)22-14-27-37(42)6-2/h6-8,10-12,14-15,19-22,28-29,32,34H,2,5,9,13,16-18,23-25,27H2,1,3-4H3/b8-7+,19-12+,22-14+,30-29-. The summed E-state index contributed by atoms with van der Waals surface area (Å²) in [6, 6.07) is 8.26. The van der Waals surface area contributed by atoms with E-state index in [1.807, 2.05) is 30.4 Å². The van der Waals surface area contributed by atoms with Crippen molar-refractivity contribution in [2.75, 3.05) is 0 Å². The van der Waals surface area contributed by atoms with E-state index in [4.69, 9.17) is 4.99 Å². The van der Waals surface area contributed by atoms with E-state index in [-0.39, 0.29) is 11.6 Å². The van der Waals surface area contributed by atoms with Gasteiger partial charge in [-0.05, 0) is 104 Å². The van der Waals surface area contributed by atoms with Gasteiger partial charge in [-0.3, -0.25) is 9.59 Å². The molecule has 0 N–H and O–H groups in total. The molecule has 0 aromatic heterocycles. The van der Waals surface area contributed by atoms with Crippen LogP contribution in [0.1, 0.15) is 96.1 Å². The van der Waals surface area contributed by atoms with Gasteiger partial charge in [0.05, 0.1) is 11.4 Å². The quantitative estimate of drug-likeness (QED) is 0.108. The molecule has 1 heterocycles. The van der Waals surface area contributed by atoms with E-state index in [1.54, 1.807) is 6.92 Å². The summed E-state index contributed by atoms with van der Waals surface area (Å²) in [6.07, 6.45) is 30.2. The average Bonchev–Trinajstić information content (AvgIpc) is 3.15. The number of hydrogen-bond donors (Lipinski definition) is 0. The highest BCUT2D eigenvalue weighted by atomic mass is 16.1. The van der Waals surface area contributed by atoms with Crippen molar-refractivity contribution in [3.05, 3.63) is 113 Å². The zero-order chi connectivity index (χ0) is 30.2. The van der Waals surface area contributed by atoms with Crippen LogP contribution in [0.2, 0.25) is 0 Å². The van der Waals surface area contributed by atoms with Crippen molar-refractivity contribution in [1.82, 2.24) is 0 Å². The lowest BCUT2D eigenvalue weighted by molar-refractivity contribution is -0.116. The highest BCUT2D eigenvalue weighted by molar-refractivity contribution is 6.15. The zero-order valence-electron chi connectivity index (χ0n) is 25.8. The fourth-order valence-corrected chi connectivity index (χ4v) is 5.25. The highest BCUT2D eigenvalue weighted by Crippen LogP contribution is 2.36. The first-order valence-corrected chi connectivity index (χ1v) is 15.6. The van der Waals surface area contributed by atoms with E-state index in [2.05, 4.69) is 74.7 Å². The van der Waals surface area contributed by atoms with Crippen LogP contribution in [-0.4, -0.2) is 17.3 Å². The summed E-state index contributed by atoms with van der Waals surface area (Å²) >= 11 is 0. The number of carbonyl (C=O) groups excluding carboxylic acids is 2. The molecule has 220 valence electrons. The van der Waals surface area contributed by atoms with Crippen LogP contribution in [0, 0.1) is 11.8 Å². The number of aliphatic imine (C=N–C) groups is 1. The van der Waals surface area contributed by atoms with Crippen molar-refractivity contribution in [3.63, 3.8) is 0 Å². The molecular weight excluding hydrogens is 514 g/mol. The van der Waals surface area contributed by atoms with Crippen LogP contribution in [0.3, 0.4) is 0 Å². The molecule has 42 heavy (non-hydrogen) atoms. The molecule has 0 spiro atoms. The number of hydrogen-bond acceptors (Lipinski definition) is 3. The monoisotopic (exact) mass is 561 g/mol. The van der Waals surface area contributed by atoms with Crippen LogP contribution in [-0.2, 0) is 9.59 Å². The Morgan fingerprint density at radius 2 is 1.83 bits per heavy atom. The van der Waals surface area contributed by atoms with Crippen LogP contribution in [0.15, 0.2) is 107 Å². The summed E-state index contributed by atoms with van der Waals surface area (Å²) in [4.78, 5) is 28.1. The predicted molar refractivity (Wildman–Crippen MR) is 179 cm³/mol. The summed E-state index contributed by atoms with van der Waals surface area (Å²) in [5, 5.41) is 0. The summed E-state index contributed by atoms with van der Waals surface area (Å²) in [5.74, 6) is 1.29. The van der Waals surface area contributed by atoms with Crippen LogP contribution >= 0.6 is 0 Å². The van der Waals surface area contributed by atoms with Gasteiger partial charge in [0.15, 0.2) is 5.78 Å². The minimum absolute atomic E-state index is 0.0157. The average molecular weight is 562 g/mol. The first kappa shape index (κ1) is 32.7. The lowest BCUT2D eigenvalue weighted by atomic mass is 9.76. The predicted octanol–water partition coefficient (Wildman–Crippen LogP) is 10.1. The Hall–Kier alpha value is -3.81. The number of rotatable bonds is 17. The van der Waals surface area contributed by atoms with Gasteiger partial charge in [0.1, 0.15) is 5.78 Å². The van der Waals surface area contributed by atoms with E-state index in [0.717, 1.165) is 60.2 Å². The Bertz CT molecular complexity index is 1350. The summed E-state index contributed by atoms with van der Waals surface area (Å²) in [6.45, 7) is 9.58. The second-order valence-corrected chi connectivity index (χ2v) is 11.3. The molecule has 0 radical (unpaired) electrons. The maximum atomic E-state index is 11.7. The van der Waals surface area contributed by atoms with Gasteiger partial charge in [0, 0.05) is 19.3 Å². The van der Waals surface area contributed by atoms with Crippen molar-refractivity contribution in [3.8, 4) is 0 Å².